The van der Waals surface area contributed by atoms with Gasteiger partial charge in [0.05, 0.1) is 0 Å². The molecule has 1 unspecified atom stereocenters. The van der Waals surface area contributed by atoms with E-state index in [1.807, 2.05) is 49.6 Å². The Morgan fingerprint density at radius 3 is 2.50 bits per heavy atom. The van der Waals surface area contributed by atoms with Crippen molar-refractivity contribution in [3.63, 3.8) is 0 Å². The summed E-state index contributed by atoms with van der Waals surface area (Å²) in [4.78, 5) is 4.30. The van der Waals surface area contributed by atoms with Crippen LogP contribution in [0.4, 0.5) is 0 Å². The van der Waals surface area contributed by atoms with Gasteiger partial charge in [0.15, 0.2) is 0 Å². The topological polar surface area (TPSA) is 54.4 Å². The molecular weight excluding hydrogens is 252 g/mol. The summed E-state index contributed by atoms with van der Waals surface area (Å²) in [5.41, 5.74) is 2.21. The molecule has 2 N–H and O–H groups in total. The Kier molecular flexibility index (Phi) is 5.09. The Labute approximate surface area is 119 Å². The van der Waals surface area contributed by atoms with Crippen molar-refractivity contribution in [1.29, 1.82) is 0 Å². The van der Waals surface area contributed by atoms with Crippen molar-refractivity contribution in [2.24, 2.45) is 0 Å². The molecule has 20 heavy (non-hydrogen) atoms. The zero-order valence-corrected chi connectivity index (χ0v) is 11.8. The number of hydrogen-bond acceptors (Lipinski definition) is 4. The zero-order valence-electron chi connectivity index (χ0n) is 11.8. The molecule has 1 heterocycles. The maximum Gasteiger partial charge on any atom is 0.219 e. The van der Waals surface area contributed by atoms with E-state index in [2.05, 4.69) is 17.2 Å². The average Bonchev–Trinajstić information content (AvgIpc) is 2.49. The van der Waals surface area contributed by atoms with E-state index in [9.17, 15) is 0 Å². The fourth-order valence-corrected chi connectivity index (χ4v) is 1.85. The number of rotatable bonds is 6. The van der Waals surface area contributed by atoms with Gasteiger partial charge in [0, 0.05) is 24.9 Å². The highest BCUT2D eigenvalue weighted by atomic mass is 16.5. The first kappa shape index (κ1) is 14.5. The molecule has 2 aromatic rings. The van der Waals surface area contributed by atoms with Crippen molar-refractivity contribution in [2.45, 2.75) is 19.4 Å². The van der Waals surface area contributed by atoms with Gasteiger partial charge in [-0.3, -0.25) is 0 Å². The smallest absolute Gasteiger partial charge is 0.219 e. The van der Waals surface area contributed by atoms with Gasteiger partial charge < -0.3 is 15.2 Å². The van der Waals surface area contributed by atoms with Gasteiger partial charge in [-0.25, -0.2) is 4.98 Å². The number of benzene rings is 1. The SMILES string of the molecule is CNC(C)c1ccc(Oc2ccc(CCO)cc2)nc1. The molecule has 0 fully saturated rings. The summed E-state index contributed by atoms with van der Waals surface area (Å²) in [5, 5.41) is 12.0. The molecule has 0 saturated carbocycles. The first-order chi connectivity index (χ1) is 9.72. The van der Waals surface area contributed by atoms with Crippen LogP contribution in [0.15, 0.2) is 42.6 Å². The molecule has 0 radical (unpaired) electrons. The van der Waals surface area contributed by atoms with Crippen LogP contribution in [-0.2, 0) is 6.42 Å². The highest BCUT2D eigenvalue weighted by Crippen LogP contribution is 2.21. The summed E-state index contributed by atoms with van der Waals surface area (Å²) in [6, 6.07) is 11.8. The molecule has 4 nitrogen and oxygen atoms in total. The van der Waals surface area contributed by atoms with Gasteiger partial charge in [-0.15, -0.1) is 0 Å². The minimum atomic E-state index is 0.160. The first-order valence-corrected chi connectivity index (χ1v) is 6.74. The number of pyridine rings is 1. The number of nitrogens with one attached hydrogen (secondary N) is 1. The van der Waals surface area contributed by atoms with Gasteiger partial charge in [0.1, 0.15) is 5.75 Å². The number of ether oxygens (including phenoxy) is 1. The third kappa shape index (κ3) is 3.79. The molecular formula is C16H20N2O2. The normalized spacial score (nSPS) is 12.2. The number of aromatic nitrogens is 1. The van der Waals surface area contributed by atoms with Crippen molar-refractivity contribution >= 4 is 0 Å². The lowest BCUT2D eigenvalue weighted by Gasteiger charge is -2.11. The summed E-state index contributed by atoms with van der Waals surface area (Å²) in [6.45, 7) is 2.24. The number of aliphatic hydroxyl groups excluding tert-OH is 1. The quantitative estimate of drug-likeness (QED) is 0.849. The molecule has 0 aliphatic rings. The fourth-order valence-electron chi connectivity index (χ4n) is 1.85. The van der Waals surface area contributed by atoms with Crippen molar-refractivity contribution < 1.29 is 9.84 Å². The summed E-state index contributed by atoms with van der Waals surface area (Å²) >= 11 is 0. The molecule has 0 saturated heterocycles. The third-order valence-corrected chi connectivity index (χ3v) is 3.24. The second-order valence-electron chi connectivity index (χ2n) is 4.66. The Bertz CT molecular complexity index is 523. The molecule has 0 bridgehead atoms. The Morgan fingerprint density at radius 1 is 1.20 bits per heavy atom. The van der Waals surface area contributed by atoms with E-state index in [1.165, 1.54) is 0 Å². The zero-order chi connectivity index (χ0) is 14.4. The fraction of sp³-hybridized carbons (Fsp3) is 0.312. The second kappa shape index (κ2) is 7.03. The second-order valence-corrected chi connectivity index (χ2v) is 4.66. The van der Waals surface area contributed by atoms with Crippen LogP contribution >= 0.6 is 0 Å². The Balaban J connectivity index is 2.02. The van der Waals surface area contributed by atoms with Crippen LogP contribution < -0.4 is 10.1 Å². The molecule has 0 spiro atoms. The highest BCUT2D eigenvalue weighted by molar-refractivity contribution is 5.31. The summed E-state index contributed by atoms with van der Waals surface area (Å²) in [5.74, 6) is 1.32. The number of nitrogens with zero attached hydrogens (tertiary/aromatic N) is 1. The molecule has 1 atom stereocenters. The lowest BCUT2D eigenvalue weighted by Crippen LogP contribution is -2.12. The standard InChI is InChI=1S/C16H20N2O2/c1-12(17-2)14-5-8-16(18-11-14)20-15-6-3-13(4-7-15)9-10-19/h3-8,11-12,17,19H,9-10H2,1-2H3. The van der Waals surface area contributed by atoms with E-state index >= 15 is 0 Å². The van der Waals surface area contributed by atoms with Gasteiger partial charge >= 0.3 is 0 Å². The van der Waals surface area contributed by atoms with Crippen LogP contribution in [0.5, 0.6) is 11.6 Å². The largest absolute Gasteiger partial charge is 0.439 e. The summed E-state index contributed by atoms with van der Waals surface area (Å²) in [7, 11) is 1.92. The van der Waals surface area contributed by atoms with E-state index in [0.29, 0.717) is 12.3 Å². The Hall–Kier alpha value is -1.91. The van der Waals surface area contributed by atoms with Crippen LogP contribution in [0.1, 0.15) is 24.1 Å². The van der Waals surface area contributed by atoms with Crippen LogP contribution in [0, 0.1) is 0 Å². The van der Waals surface area contributed by atoms with Crippen molar-refractivity contribution in [3.8, 4) is 11.6 Å². The number of aliphatic hydroxyl groups is 1. The molecule has 0 aliphatic carbocycles. The van der Waals surface area contributed by atoms with Gasteiger partial charge in [-0.1, -0.05) is 18.2 Å². The molecule has 106 valence electrons. The molecule has 1 aromatic carbocycles. The molecule has 2 rings (SSSR count). The summed E-state index contributed by atoms with van der Waals surface area (Å²) in [6.07, 6.45) is 2.48. The predicted octanol–water partition coefficient (Wildman–Crippen LogP) is 2.69. The van der Waals surface area contributed by atoms with Crippen LogP contribution in [0.3, 0.4) is 0 Å². The van der Waals surface area contributed by atoms with Gasteiger partial charge in [-0.2, -0.15) is 0 Å². The van der Waals surface area contributed by atoms with Gasteiger partial charge in [0.2, 0.25) is 5.88 Å². The van der Waals surface area contributed by atoms with E-state index in [0.717, 1.165) is 16.9 Å². The maximum absolute atomic E-state index is 8.87. The van der Waals surface area contributed by atoms with Crippen LogP contribution in [-0.4, -0.2) is 23.7 Å². The summed E-state index contributed by atoms with van der Waals surface area (Å²) < 4.78 is 5.69. The highest BCUT2D eigenvalue weighted by Gasteiger charge is 2.04. The van der Waals surface area contributed by atoms with E-state index in [4.69, 9.17) is 9.84 Å². The molecule has 0 amide bonds. The van der Waals surface area contributed by atoms with E-state index < -0.39 is 0 Å². The van der Waals surface area contributed by atoms with Crippen LogP contribution in [0.2, 0.25) is 0 Å². The minimum absolute atomic E-state index is 0.160. The van der Waals surface area contributed by atoms with Crippen molar-refractivity contribution in [2.75, 3.05) is 13.7 Å². The van der Waals surface area contributed by atoms with Crippen LogP contribution in [0.25, 0.3) is 0 Å². The van der Waals surface area contributed by atoms with Crippen molar-refractivity contribution in [3.05, 3.63) is 53.7 Å². The number of hydrogen-bond donors (Lipinski definition) is 2. The maximum atomic E-state index is 8.87. The third-order valence-electron chi connectivity index (χ3n) is 3.24. The monoisotopic (exact) mass is 272 g/mol. The Morgan fingerprint density at radius 2 is 1.95 bits per heavy atom. The lowest BCUT2D eigenvalue weighted by molar-refractivity contribution is 0.299. The molecule has 1 aromatic heterocycles. The van der Waals surface area contributed by atoms with E-state index in [-0.39, 0.29) is 12.6 Å². The first-order valence-electron chi connectivity index (χ1n) is 6.74. The molecule has 4 heteroatoms. The molecule has 0 aliphatic heterocycles. The lowest BCUT2D eigenvalue weighted by atomic mass is 10.1. The average molecular weight is 272 g/mol. The van der Waals surface area contributed by atoms with Gasteiger partial charge in [-0.05, 0) is 43.7 Å². The van der Waals surface area contributed by atoms with Gasteiger partial charge in [0.25, 0.3) is 0 Å². The minimum Gasteiger partial charge on any atom is -0.439 e. The van der Waals surface area contributed by atoms with E-state index in [1.54, 1.807) is 0 Å². The predicted molar refractivity (Wildman–Crippen MR) is 79.0 cm³/mol. The van der Waals surface area contributed by atoms with Crippen molar-refractivity contribution in [1.82, 2.24) is 10.3 Å².